The first-order valence-corrected chi connectivity index (χ1v) is 8.11. The smallest absolute Gasteiger partial charge is 0.334 e. The molecule has 2 saturated carbocycles. The largest absolute Gasteiger partial charge is 0.461 e. The zero-order valence-electron chi connectivity index (χ0n) is 13.7. The van der Waals surface area contributed by atoms with Crippen molar-refractivity contribution in [2.24, 2.45) is 23.2 Å². The molecule has 6 heteroatoms. The maximum absolute atomic E-state index is 12.0. The average Bonchev–Trinajstić information content (AvgIpc) is 2.79. The highest BCUT2D eigenvalue weighted by atomic mass is 16.6. The van der Waals surface area contributed by atoms with E-state index >= 15 is 0 Å². The van der Waals surface area contributed by atoms with Crippen LogP contribution in [0.15, 0.2) is 12.2 Å². The molecule has 23 heavy (non-hydrogen) atoms. The number of fused-ring (bicyclic) bond motifs is 2. The topological polar surface area (TPSA) is 93.1 Å². The van der Waals surface area contributed by atoms with Gasteiger partial charge in [-0.1, -0.05) is 20.4 Å². The fourth-order valence-corrected chi connectivity index (χ4v) is 5.14. The van der Waals surface area contributed by atoms with Gasteiger partial charge in [0, 0.05) is 24.3 Å². The van der Waals surface area contributed by atoms with E-state index in [1.54, 1.807) is 0 Å². The summed E-state index contributed by atoms with van der Waals surface area (Å²) in [6.45, 7) is 8.94. The van der Waals surface area contributed by atoms with Crippen molar-refractivity contribution in [3.63, 3.8) is 0 Å². The van der Waals surface area contributed by atoms with Crippen LogP contribution < -0.4 is 0 Å². The molecule has 0 radical (unpaired) electrons. The Bertz CT molecular complexity index is 557. The van der Waals surface area contributed by atoms with Crippen LogP contribution in [0.5, 0.6) is 0 Å². The lowest BCUT2D eigenvalue weighted by Gasteiger charge is -2.43. The number of carbonyl (C=O) groups is 2. The minimum absolute atomic E-state index is 0.0129. The van der Waals surface area contributed by atoms with Crippen LogP contribution in [0.1, 0.15) is 33.6 Å². The van der Waals surface area contributed by atoms with Crippen molar-refractivity contribution in [2.45, 2.75) is 58.0 Å². The lowest BCUT2D eigenvalue weighted by atomic mass is 9.67. The van der Waals surface area contributed by atoms with E-state index in [1.165, 1.54) is 6.92 Å². The summed E-state index contributed by atoms with van der Waals surface area (Å²) in [6, 6.07) is 0. The third-order valence-corrected chi connectivity index (χ3v) is 6.09. The van der Waals surface area contributed by atoms with E-state index in [-0.39, 0.29) is 23.8 Å². The maximum Gasteiger partial charge on any atom is 0.334 e. The highest BCUT2D eigenvalue weighted by Crippen LogP contribution is 2.58. The van der Waals surface area contributed by atoms with Crippen LogP contribution in [-0.2, 0) is 19.1 Å². The lowest BCUT2D eigenvalue weighted by Crippen LogP contribution is -2.51. The number of rotatable bonds is 1. The standard InChI is InChI=1S/C17H24O6/c1-7-5-11-13(8(2)16(21)23-11)15(22-9(3)18)17(4)12(20)6-10(19)14(7)17/h7,10-15,19-20H,2,5-6H2,1,3-4H3/t7-,10-,11+,12-,13+,14-,15-,17-/m1/s1. The molecular weight excluding hydrogens is 300 g/mol. The molecule has 8 atom stereocenters. The summed E-state index contributed by atoms with van der Waals surface area (Å²) in [5.41, 5.74) is -0.565. The molecule has 3 aliphatic rings. The van der Waals surface area contributed by atoms with E-state index in [9.17, 15) is 19.8 Å². The third-order valence-electron chi connectivity index (χ3n) is 6.09. The number of ether oxygens (including phenoxy) is 2. The first-order chi connectivity index (χ1) is 10.7. The quantitative estimate of drug-likeness (QED) is 0.547. The van der Waals surface area contributed by atoms with Gasteiger partial charge in [0.05, 0.1) is 18.1 Å². The van der Waals surface area contributed by atoms with E-state index in [2.05, 4.69) is 6.58 Å². The number of aliphatic hydroxyl groups excluding tert-OH is 2. The maximum atomic E-state index is 12.0. The highest BCUT2D eigenvalue weighted by Gasteiger charge is 2.65. The summed E-state index contributed by atoms with van der Waals surface area (Å²) >= 11 is 0. The summed E-state index contributed by atoms with van der Waals surface area (Å²) in [5.74, 6) is -1.66. The number of hydrogen-bond acceptors (Lipinski definition) is 6. The van der Waals surface area contributed by atoms with E-state index < -0.39 is 47.7 Å². The monoisotopic (exact) mass is 324 g/mol. The Morgan fingerprint density at radius 1 is 1.39 bits per heavy atom. The molecule has 0 unspecified atom stereocenters. The molecule has 3 fully saturated rings. The van der Waals surface area contributed by atoms with Gasteiger partial charge in [0.1, 0.15) is 12.2 Å². The number of aliphatic hydroxyl groups is 2. The normalized spacial score (nSPS) is 49.2. The van der Waals surface area contributed by atoms with Crippen LogP contribution in [0, 0.1) is 23.2 Å². The molecule has 2 N–H and O–H groups in total. The van der Waals surface area contributed by atoms with Crippen molar-refractivity contribution in [1.29, 1.82) is 0 Å². The highest BCUT2D eigenvalue weighted by molar-refractivity contribution is 5.91. The van der Waals surface area contributed by atoms with Gasteiger partial charge in [-0.05, 0) is 18.3 Å². The second kappa shape index (κ2) is 5.31. The zero-order valence-corrected chi connectivity index (χ0v) is 13.7. The Labute approximate surface area is 135 Å². The molecule has 3 rings (SSSR count). The van der Waals surface area contributed by atoms with Gasteiger partial charge in [0.15, 0.2) is 0 Å². The molecular formula is C17H24O6. The van der Waals surface area contributed by atoms with Crippen LogP contribution in [0.25, 0.3) is 0 Å². The summed E-state index contributed by atoms with van der Waals surface area (Å²) in [6.07, 6.45) is -1.89. The van der Waals surface area contributed by atoms with Crippen LogP contribution in [0.4, 0.5) is 0 Å². The van der Waals surface area contributed by atoms with Crippen molar-refractivity contribution in [3.8, 4) is 0 Å². The number of hydrogen-bond donors (Lipinski definition) is 2. The molecule has 1 aliphatic heterocycles. The Hall–Kier alpha value is -1.40. The van der Waals surface area contributed by atoms with Crippen molar-refractivity contribution < 1.29 is 29.3 Å². The van der Waals surface area contributed by atoms with Gasteiger partial charge < -0.3 is 19.7 Å². The fraction of sp³-hybridized carbons (Fsp3) is 0.765. The Morgan fingerprint density at radius 3 is 2.65 bits per heavy atom. The third kappa shape index (κ3) is 2.22. The SMILES string of the molecule is C=C1C(=O)O[C@H]2C[C@@H](C)[C@@H]3[C@H](O)C[C@@H](O)[C@@]3(C)[C@H](OC(C)=O)[C@@H]12. The van der Waals surface area contributed by atoms with Crippen molar-refractivity contribution in [3.05, 3.63) is 12.2 Å². The van der Waals surface area contributed by atoms with Crippen LogP contribution in [-0.4, -0.2) is 46.6 Å². The average molecular weight is 324 g/mol. The first kappa shape index (κ1) is 16.5. The molecule has 0 amide bonds. The van der Waals surface area contributed by atoms with Gasteiger partial charge in [-0.25, -0.2) is 4.79 Å². The Balaban J connectivity index is 2.12. The fourth-order valence-electron chi connectivity index (χ4n) is 5.14. The zero-order chi connectivity index (χ0) is 17.1. The Morgan fingerprint density at radius 2 is 2.04 bits per heavy atom. The van der Waals surface area contributed by atoms with E-state index in [0.717, 1.165) is 0 Å². The van der Waals surface area contributed by atoms with Gasteiger partial charge in [-0.15, -0.1) is 0 Å². The number of esters is 2. The van der Waals surface area contributed by atoms with E-state index in [0.29, 0.717) is 6.42 Å². The molecule has 6 nitrogen and oxygen atoms in total. The van der Waals surface area contributed by atoms with Gasteiger partial charge in [0.2, 0.25) is 0 Å². The second-order valence-electron chi connectivity index (χ2n) is 7.45. The molecule has 0 bridgehead atoms. The van der Waals surface area contributed by atoms with Crippen LogP contribution in [0.2, 0.25) is 0 Å². The van der Waals surface area contributed by atoms with Gasteiger partial charge >= 0.3 is 11.9 Å². The van der Waals surface area contributed by atoms with Crippen molar-refractivity contribution in [2.75, 3.05) is 0 Å². The van der Waals surface area contributed by atoms with Crippen molar-refractivity contribution in [1.82, 2.24) is 0 Å². The summed E-state index contributed by atoms with van der Waals surface area (Å²) in [4.78, 5) is 23.6. The molecule has 0 spiro atoms. The second-order valence-corrected chi connectivity index (χ2v) is 7.45. The molecule has 0 aromatic carbocycles. The molecule has 128 valence electrons. The van der Waals surface area contributed by atoms with E-state index in [4.69, 9.17) is 9.47 Å². The molecule has 0 aromatic rings. The Kier molecular flexibility index (Phi) is 3.80. The molecule has 1 saturated heterocycles. The van der Waals surface area contributed by atoms with E-state index in [1.807, 2.05) is 13.8 Å². The summed E-state index contributed by atoms with van der Waals surface area (Å²) < 4.78 is 11.0. The van der Waals surface area contributed by atoms with Gasteiger partial charge in [0.25, 0.3) is 0 Å². The summed E-state index contributed by atoms with van der Waals surface area (Å²) in [7, 11) is 0. The van der Waals surface area contributed by atoms with Gasteiger partial charge in [-0.2, -0.15) is 0 Å². The summed E-state index contributed by atoms with van der Waals surface area (Å²) in [5, 5.41) is 21.1. The minimum Gasteiger partial charge on any atom is -0.461 e. The van der Waals surface area contributed by atoms with Crippen molar-refractivity contribution >= 4 is 11.9 Å². The minimum atomic E-state index is -0.846. The predicted octanol–water partition coefficient (Wildman–Crippen LogP) is 0.804. The molecule has 0 aromatic heterocycles. The molecule has 1 heterocycles. The lowest BCUT2D eigenvalue weighted by molar-refractivity contribution is -0.168. The van der Waals surface area contributed by atoms with Crippen LogP contribution >= 0.6 is 0 Å². The van der Waals surface area contributed by atoms with Gasteiger partial charge in [-0.3, -0.25) is 4.79 Å². The first-order valence-electron chi connectivity index (χ1n) is 8.11. The van der Waals surface area contributed by atoms with Crippen LogP contribution in [0.3, 0.4) is 0 Å². The molecule has 2 aliphatic carbocycles. The number of carbonyl (C=O) groups excluding carboxylic acids is 2. The predicted molar refractivity (Wildman–Crippen MR) is 80.1 cm³/mol.